The summed E-state index contributed by atoms with van der Waals surface area (Å²) in [6, 6.07) is 19.7. The average molecular weight is 513 g/mol. The number of nitrogens with zero attached hydrogens (tertiary/aromatic N) is 3. The maximum absolute atomic E-state index is 13.3. The zero-order valence-electron chi connectivity index (χ0n) is 21.5. The number of rotatable bonds is 2. The number of benzene rings is 2. The smallest absolute Gasteiger partial charge is 0.272 e. The Hall–Kier alpha value is -3.75. The molecule has 1 saturated heterocycles. The van der Waals surface area contributed by atoms with Gasteiger partial charge in [-0.1, -0.05) is 30.3 Å². The maximum atomic E-state index is 13.3. The predicted octanol–water partition coefficient (Wildman–Crippen LogP) is 3.69. The molecule has 2 atom stereocenters. The standard InChI is InChI=1S/C30H32N4O4/c1-20-5-4-12-31-29(20)30(36)34-16-26-27(17-34)37-19-22-7-3-9-25(14-22)38-24-8-2-6-21(13-24)15-33(23-10-11-23)18-28(35)32-26/h2-9,12-14,23,26-27H,10-11,15-19H2,1H3,(H,32,35)/t26-,27-/m0/s1. The van der Waals surface area contributed by atoms with Gasteiger partial charge in [-0.2, -0.15) is 0 Å². The molecule has 1 aliphatic carbocycles. The lowest BCUT2D eigenvalue weighted by Gasteiger charge is -2.25. The summed E-state index contributed by atoms with van der Waals surface area (Å²) >= 11 is 0. The SMILES string of the molecule is Cc1cccnc1C(=O)N1C[C@@H]2NC(=O)CN(C3CC3)Cc3cccc(c3)Oc3cccc(c3)CO[C@H]2C1. The number of nitrogens with one attached hydrogen (secondary N) is 1. The molecule has 38 heavy (non-hydrogen) atoms. The van der Waals surface area contributed by atoms with Gasteiger partial charge in [0.1, 0.15) is 17.2 Å². The molecular formula is C30H32N4O4. The molecule has 1 saturated carbocycles. The van der Waals surface area contributed by atoms with E-state index in [-0.39, 0.29) is 24.0 Å². The Morgan fingerprint density at radius 1 is 0.974 bits per heavy atom. The van der Waals surface area contributed by atoms with Crippen LogP contribution in [0.25, 0.3) is 0 Å². The van der Waals surface area contributed by atoms with E-state index < -0.39 is 0 Å². The number of aromatic nitrogens is 1. The third-order valence-electron chi connectivity index (χ3n) is 7.40. The van der Waals surface area contributed by atoms with Crippen molar-refractivity contribution in [3.05, 3.63) is 89.2 Å². The minimum atomic E-state index is -0.341. The molecular weight excluding hydrogens is 480 g/mol. The predicted molar refractivity (Wildman–Crippen MR) is 142 cm³/mol. The second kappa shape index (κ2) is 10.6. The molecule has 6 rings (SSSR count). The highest BCUT2D eigenvalue weighted by Crippen LogP contribution is 2.30. The van der Waals surface area contributed by atoms with E-state index in [9.17, 15) is 9.59 Å². The first-order chi connectivity index (χ1) is 18.5. The van der Waals surface area contributed by atoms with Crippen LogP contribution in [-0.2, 0) is 22.7 Å². The number of pyridine rings is 1. The second-order valence-electron chi connectivity index (χ2n) is 10.4. The van der Waals surface area contributed by atoms with Gasteiger partial charge >= 0.3 is 0 Å². The first-order valence-corrected chi connectivity index (χ1v) is 13.2. The molecule has 3 aliphatic rings. The minimum absolute atomic E-state index is 0.0553. The fourth-order valence-electron chi connectivity index (χ4n) is 5.28. The molecule has 3 heterocycles. The zero-order chi connectivity index (χ0) is 26.1. The van der Waals surface area contributed by atoms with Gasteiger partial charge in [0.25, 0.3) is 5.91 Å². The molecule has 0 radical (unpaired) electrons. The Kier molecular flexibility index (Phi) is 6.82. The first kappa shape index (κ1) is 24.6. The number of carbonyl (C=O) groups excluding carboxylic acids is 2. The van der Waals surface area contributed by atoms with Gasteiger partial charge in [-0.25, -0.2) is 0 Å². The van der Waals surface area contributed by atoms with Crippen LogP contribution in [0.3, 0.4) is 0 Å². The number of hydrogen-bond acceptors (Lipinski definition) is 6. The number of likely N-dealkylation sites (tertiary alicyclic amines) is 1. The first-order valence-electron chi connectivity index (χ1n) is 13.2. The summed E-state index contributed by atoms with van der Waals surface area (Å²) in [5.74, 6) is 1.31. The van der Waals surface area contributed by atoms with Crippen molar-refractivity contribution in [2.75, 3.05) is 19.6 Å². The van der Waals surface area contributed by atoms with Crippen LogP contribution < -0.4 is 10.1 Å². The van der Waals surface area contributed by atoms with Crippen LogP contribution in [0.15, 0.2) is 66.9 Å². The summed E-state index contributed by atoms with van der Waals surface area (Å²) in [7, 11) is 0. The largest absolute Gasteiger partial charge is 0.457 e. The number of carbonyl (C=O) groups is 2. The van der Waals surface area contributed by atoms with Crippen LogP contribution in [0.2, 0.25) is 0 Å². The van der Waals surface area contributed by atoms with Crippen molar-refractivity contribution in [2.24, 2.45) is 0 Å². The van der Waals surface area contributed by atoms with E-state index in [4.69, 9.17) is 9.47 Å². The number of fused-ring (bicyclic) bond motifs is 5. The lowest BCUT2D eigenvalue weighted by Crippen LogP contribution is -2.48. The van der Waals surface area contributed by atoms with Crippen molar-refractivity contribution in [3.8, 4) is 11.5 Å². The van der Waals surface area contributed by atoms with Crippen molar-refractivity contribution in [3.63, 3.8) is 0 Å². The Labute approximate surface area is 222 Å². The Morgan fingerprint density at radius 3 is 2.50 bits per heavy atom. The molecule has 1 N–H and O–H groups in total. The van der Waals surface area contributed by atoms with E-state index in [1.165, 1.54) is 0 Å². The zero-order valence-corrected chi connectivity index (χ0v) is 21.5. The minimum Gasteiger partial charge on any atom is -0.457 e. The highest BCUT2D eigenvalue weighted by Gasteiger charge is 2.39. The van der Waals surface area contributed by atoms with E-state index in [1.54, 1.807) is 11.1 Å². The maximum Gasteiger partial charge on any atom is 0.272 e. The van der Waals surface area contributed by atoms with E-state index in [2.05, 4.69) is 21.3 Å². The van der Waals surface area contributed by atoms with Crippen molar-refractivity contribution in [2.45, 2.75) is 51.1 Å². The lowest BCUT2D eigenvalue weighted by atomic mass is 10.1. The van der Waals surface area contributed by atoms with Gasteiger partial charge in [-0.15, -0.1) is 0 Å². The average Bonchev–Trinajstić information content (AvgIpc) is 3.68. The van der Waals surface area contributed by atoms with E-state index in [0.717, 1.165) is 41.0 Å². The second-order valence-corrected chi connectivity index (χ2v) is 10.4. The molecule has 2 amide bonds. The normalized spacial score (nSPS) is 22.3. The summed E-state index contributed by atoms with van der Waals surface area (Å²) in [6.07, 6.45) is 3.48. The van der Waals surface area contributed by atoms with Crippen molar-refractivity contribution >= 4 is 11.8 Å². The molecule has 8 heteroatoms. The van der Waals surface area contributed by atoms with Crippen LogP contribution in [0, 0.1) is 6.92 Å². The molecule has 8 nitrogen and oxygen atoms in total. The van der Waals surface area contributed by atoms with Crippen LogP contribution in [0.1, 0.15) is 40.0 Å². The number of amides is 2. The molecule has 196 valence electrons. The highest BCUT2D eigenvalue weighted by molar-refractivity contribution is 5.94. The summed E-state index contributed by atoms with van der Waals surface area (Å²) in [4.78, 5) is 34.9. The monoisotopic (exact) mass is 512 g/mol. The summed E-state index contributed by atoms with van der Waals surface area (Å²) in [5.41, 5.74) is 3.33. The summed E-state index contributed by atoms with van der Waals surface area (Å²) in [6.45, 7) is 3.95. The van der Waals surface area contributed by atoms with Crippen LogP contribution in [0.4, 0.5) is 0 Å². The quantitative estimate of drug-likeness (QED) is 0.564. The van der Waals surface area contributed by atoms with Gasteiger partial charge in [0.05, 0.1) is 25.3 Å². The molecule has 2 fully saturated rings. The van der Waals surface area contributed by atoms with E-state index in [1.807, 2.05) is 61.5 Å². The fourth-order valence-corrected chi connectivity index (χ4v) is 5.28. The van der Waals surface area contributed by atoms with Gasteiger partial charge in [0.2, 0.25) is 5.91 Å². The molecule has 4 bridgehead atoms. The third-order valence-corrected chi connectivity index (χ3v) is 7.40. The van der Waals surface area contributed by atoms with Crippen LogP contribution in [0.5, 0.6) is 11.5 Å². The number of ether oxygens (including phenoxy) is 2. The van der Waals surface area contributed by atoms with Crippen LogP contribution >= 0.6 is 0 Å². The van der Waals surface area contributed by atoms with Gasteiger partial charge < -0.3 is 19.7 Å². The van der Waals surface area contributed by atoms with Gasteiger partial charge in [-0.05, 0) is 66.8 Å². The van der Waals surface area contributed by atoms with Gasteiger partial charge in [-0.3, -0.25) is 19.5 Å². The Bertz CT molecular complexity index is 1340. The molecule has 3 aromatic rings. The Balaban J connectivity index is 1.27. The van der Waals surface area contributed by atoms with E-state index >= 15 is 0 Å². The lowest BCUT2D eigenvalue weighted by molar-refractivity contribution is -0.124. The molecule has 0 spiro atoms. The highest BCUT2D eigenvalue weighted by atomic mass is 16.5. The van der Waals surface area contributed by atoms with Gasteiger partial charge in [0.15, 0.2) is 0 Å². The number of aryl methyl sites for hydroxylation is 1. The van der Waals surface area contributed by atoms with Gasteiger partial charge in [0, 0.05) is 31.9 Å². The summed E-state index contributed by atoms with van der Waals surface area (Å²) < 4.78 is 12.5. The molecule has 2 aliphatic heterocycles. The van der Waals surface area contributed by atoms with Crippen molar-refractivity contribution in [1.29, 1.82) is 0 Å². The third kappa shape index (κ3) is 5.56. The fraction of sp³-hybridized carbons (Fsp3) is 0.367. The van der Waals surface area contributed by atoms with E-state index in [0.29, 0.717) is 44.5 Å². The van der Waals surface area contributed by atoms with Crippen molar-refractivity contribution < 1.29 is 19.1 Å². The van der Waals surface area contributed by atoms with Crippen molar-refractivity contribution in [1.82, 2.24) is 20.1 Å². The summed E-state index contributed by atoms with van der Waals surface area (Å²) in [5, 5.41) is 3.19. The Morgan fingerprint density at radius 2 is 1.74 bits per heavy atom. The van der Waals surface area contributed by atoms with Crippen LogP contribution in [-0.4, -0.2) is 64.4 Å². The molecule has 2 aromatic carbocycles. The topological polar surface area (TPSA) is 84.0 Å². The number of hydrogen-bond donors (Lipinski definition) is 1. The molecule has 1 aromatic heterocycles. The molecule has 0 unspecified atom stereocenters.